The lowest BCUT2D eigenvalue weighted by atomic mass is 10.2. The molecule has 0 atom stereocenters. The predicted octanol–water partition coefficient (Wildman–Crippen LogP) is 2.52. The number of rotatable bonds is 1. The molecule has 1 N–H and O–H groups in total. The molecule has 0 saturated carbocycles. The minimum absolute atomic E-state index is 0.115. The number of benzene rings is 1. The van der Waals surface area contributed by atoms with E-state index in [2.05, 4.69) is 5.32 Å². The van der Waals surface area contributed by atoms with Crippen LogP contribution in [0.5, 0.6) is 0 Å². The molecule has 0 aliphatic carbocycles. The van der Waals surface area contributed by atoms with Gasteiger partial charge >= 0.3 is 0 Å². The van der Waals surface area contributed by atoms with E-state index < -0.39 is 0 Å². The van der Waals surface area contributed by atoms with Gasteiger partial charge in [0.05, 0.1) is 0 Å². The van der Waals surface area contributed by atoms with Gasteiger partial charge in [0.2, 0.25) is 0 Å². The Bertz CT molecular complexity index is 311. The largest absolute Gasteiger partial charge is 0.384 e. The first-order chi connectivity index (χ1) is 5.81. The van der Waals surface area contributed by atoms with Crippen LogP contribution < -0.4 is 5.32 Å². The van der Waals surface area contributed by atoms with Crippen molar-refractivity contribution < 1.29 is 4.39 Å². The van der Waals surface area contributed by atoms with Crippen molar-refractivity contribution in [2.75, 3.05) is 18.1 Å². The number of fused-ring (bicyclic) bond motifs is 1. The zero-order chi connectivity index (χ0) is 8.55. The van der Waals surface area contributed by atoms with Gasteiger partial charge in [-0.3, -0.25) is 0 Å². The Morgan fingerprint density at radius 2 is 2.33 bits per heavy atom. The SMILES string of the molecule is CSc1cc2c(cc1F)NCC2. The van der Waals surface area contributed by atoms with Crippen LogP contribution >= 0.6 is 11.8 Å². The minimum Gasteiger partial charge on any atom is -0.384 e. The van der Waals surface area contributed by atoms with Crippen LogP contribution in [-0.2, 0) is 6.42 Å². The Kier molecular flexibility index (Phi) is 1.97. The smallest absolute Gasteiger partial charge is 0.138 e. The molecule has 0 saturated heterocycles. The summed E-state index contributed by atoms with van der Waals surface area (Å²) in [5.74, 6) is -0.115. The van der Waals surface area contributed by atoms with Crippen molar-refractivity contribution in [2.45, 2.75) is 11.3 Å². The number of halogens is 1. The molecular formula is C9H10FNS. The molecule has 1 heterocycles. The van der Waals surface area contributed by atoms with Crippen LogP contribution in [0.3, 0.4) is 0 Å². The molecule has 0 amide bonds. The van der Waals surface area contributed by atoms with Crippen molar-refractivity contribution in [3.63, 3.8) is 0 Å². The van der Waals surface area contributed by atoms with E-state index in [0.717, 1.165) is 23.5 Å². The number of hydrogen-bond donors (Lipinski definition) is 1. The predicted molar refractivity (Wildman–Crippen MR) is 50.4 cm³/mol. The molecule has 1 nitrogen and oxygen atoms in total. The van der Waals surface area contributed by atoms with Gasteiger partial charge in [0, 0.05) is 17.1 Å². The summed E-state index contributed by atoms with van der Waals surface area (Å²) in [6.07, 6.45) is 2.91. The third kappa shape index (κ3) is 1.18. The van der Waals surface area contributed by atoms with Gasteiger partial charge in [-0.25, -0.2) is 4.39 Å². The molecule has 3 heteroatoms. The zero-order valence-corrected chi connectivity index (χ0v) is 7.67. The molecule has 0 unspecified atom stereocenters. The highest BCUT2D eigenvalue weighted by Gasteiger charge is 2.13. The van der Waals surface area contributed by atoms with Gasteiger partial charge in [0.25, 0.3) is 0 Å². The molecular weight excluding hydrogens is 173 g/mol. The van der Waals surface area contributed by atoms with Crippen LogP contribution in [0.4, 0.5) is 10.1 Å². The topological polar surface area (TPSA) is 12.0 Å². The number of anilines is 1. The lowest BCUT2D eigenvalue weighted by Gasteiger charge is -2.03. The van der Waals surface area contributed by atoms with E-state index in [9.17, 15) is 4.39 Å². The summed E-state index contributed by atoms with van der Waals surface area (Å²) >= 11 is 1.46. The van der Waals surface area contributed by atoms with E-state index >= 15 is 0 Å². The van der Waals surface area contributed by atoms with Crippen molar-refractivity contribution in [3.8, 4) is 0 Å². The van der Waals surface area contributed by atoms with Crippen LogP contribution in [0.15, 0.2) is 17.0 Å². The van der Waals surface area contributed by atoms with Gasteiger partial charge in [-0.1, -0.05) is 0 Å². The summed E-state index contributed by atoms with van der Waals surface area (Å²) in [7, 11) is 0. The average Bonchev–Trinajstić information content (AvgIpc) is 2.49. The fourth-order valence-electron chi connectivity index (χ4n) is 1.46. The van der Waals surface area contributed by atoms with Crippen LogP contribution in [0.25, 0.3) is 0 Å². The maximum atomic E-state index is 13.2. The lowest BCUT2D eigenvalue weighted by Crippen LogP contribution is -1.91. The highest BCUT2D eigenvalue weighted by Crippen LogP contribution is 2.29. The normalized spacial score (nSPS) is 14.2. The molecule has 2 rings (SSSR count). The van der Waals surface area contributed by atoms with Gasteiger partial charge in [-0.05, 0) is 30.4 Å². The Balaban J connectivity index is 2.49. The second-order valence-corrected chi connectivity index (χ2v) is 3.67. The van der Waals surface area contributed by atoms with Crippen LogP contribution in [0.1, 0.15) is 5.56 Å². The molecule has 1 aromatic rings. The number of thioether (sulfide) groups is 1. The van der Waals surface area contributed by atoms with E-state index in [1.807, 2.05) is 12.3 Å². The third-order valence-electron chi connectivity index (χ3n) is 2.09. The highest BCUT2D eigenvalue weighted by atomic mass is 32.2. The van der Waals surface area contributed by atoms with Crippen molar-refractivity contribution in [2.24, 2.45) is 0 Å². The summed E-state index contributed by atoms with van der Waals surface area (Å²) in [6.45, 7) is 0.937. The van der Waals surface area contributed by atoms with Crippen molar-refractivity contribution in [1.82, 2.24) is 0 Å². The average molecular weight is 183 g/mol. The molecule has 0 radical (unpaired) electrons. The number of hydrogen-bond acceptors (Lipinski definition) is 2. The van der Waals surface area contributed by atoms with Crippen LogP contribution in [0, 0.1) is 5.82 Å². The van der Waals surface area contributed by atoms with E-state index in [1.54, 1.807) is 6.07 Å². The van der Waals surface area contributed by atoms with Crippen LogP contribution in [-0.4, -0.2) is 12.8 Å². The van der Waals surface area contributed by atoms with Gasteiger partial charge in [0.1, 0.15) is 5.82 Å². The quantitative estimate of drug-likeness (QED) is 0.671. The molecule has 0 aromatic heterocycles. The van der Waals surface area contributed by atoms with E-state index in [1.165, 1.54) is 17.3 Å². The standard InChI is InChI=1S/C9H10FNS/c1-12-9-4-6-2-3-11-8(6)5-7(9)10/h4-5,11H,2-3H2,1H3. The fourth-order valence-corrected chi connectivity index (χ4v) is 1.97. The van der Waals surface area contributed by atoms with Crippen LogP contribution in [0.2, 0.25) is 0 Å². The highest BCUT2D eigenvalue weighted by molar-refractivity contribution is 7.98. The minimum atomic E-state index is -0.115. The molecule has 1 aliphatic heterocycles. The first kappa shape index (κ1) is 7.92. The second kappa shape index (κ2) is 2.98. The molecule has 0 bridgehead atoms. The molecule has 12 heavy (non-hydrogen) atoms. The molecule has 0 spiro atoms. The zero-order valence-electron chi connectivity index (χ0n) is 6.86. The maximum absolute atomic E-state index is 13.2. The Morgan fingerprint density at radius 3 is 3.08 bits per heavy atom. The van der Waals surface area contributed by atoms with E-state index in [4.69, 9.17) is 0 Å². The van der Waals surface area contributed by atoms with Crippen molar-refractivity contribution in [1.29, 1.82) is 0 Å². The maximum Gasteiger partial charge on any atom is 0.138 e. The van der Waals surface area contributed by atoms with Gasteiger partial charge < -0.3 is 5.32 Å². The van der Waals surface area contributed by atoms with Crippen molar-refractivity contribution in [3.05, 3.63) is 23.5 Å². The Hall–Kier alpha value is -0.700. The molecule has 0 fully saturated rings. The fraction of sp³-hybridized carbons (Fsp3) is 0.333. The number of nitrogens with one attached hydrogen (secondary N) is 1. The molecule has 1 aliphatic rings. The summed E-state index contributed by atoms with van der Waals surface area (Å²) in [5.41, 5.74) is 2.20. The Labute approximate surface area is 75.4 Å². The third-order valence-corrected chi connectivity index (χ3v) is 2.84. The van der Waals surface area contributed by atoms with Gasteiger partial charge in [-0.2, -0.15) is 0 Å². The molecule has 1 aromatic carbocycles. The first-order valence-corrected chi connectivity index (χ1v) is 5.14. The second-order valence-electron chi connectivity index (χ2n) is 2.82. The summed E-state index contributed by atoms with van der Waals surface area (Å²) in [4.78, 5) is 0.748. The van der Waals surface area contributed by atoms with E-state index in [-0.39, 0.29) is 5.82 Å². The van der Waals surface area contributed by atoms with E-state index in [0.29, 0.717) is 0 Å². The van der Waals surface area contributed by atoms with Gasteiger partial charge in [-0.15, -0.1) is 11.8 Å². The summed E-state index contributed by atoms with van der Waals surface area (Å²) < 4.78 is 13.2. The summed E-state index contributed by atoms with van der Waals surface area (Å²) in [5, 5.41) is 3.14. The monoisotopic (exact) mass is 183 g/mol. The van der Waals surface area contributed by atoms with Crippen molar-refractivity contribution >= 4 is 17.4 Å². The van der Waals surface area contributed by atoms with Gasteiger partial charge in [0.15, 0.2) is 0 Å². The first-order valence-electron chi connectivity index (χ1n) is 3.91. The summed E-state index contributed by atoms with van der Waals surface area (Å²) in [6, 6.07) is 3.53. The Morgan fingerprint density at radius 1 is 1.50 bits per heavy atom. The molecule has 64 valence electrons. The lowest BCUT2D eigenvalue weighted by molar-refractivity contribution is 0.602.